The number of nitrogens with zero attached hydrogens (tertiary/aromatic N) is 1. The number of hydrogen-bond acceptors (Lipinski definition) is 6. The molecule has 0 aromatic heterocycles. The molecule has 0 spiro atoms. The molecule has 0 radical (unpaired) electrons. The first-order chi connectivity index (χ1) is 14.4. The highest BCUT2D eigenvalue weighted by Gasteiger charge is 2.31. The summed E-state index contributed by atoms with van der Waals surface area (Å²) in [7, 11) is 0. The van der Waals surface area contributed by atoms with Gasteiger partial charge in [-0.3, -0.25) is 14.5 Å². The summed E-state index contributed by atoms with van der Waals surface area (Å²) in [5.41, 5.74) is 6.54. The van der Waals surface area contributed by atoms with Gasteiger partial charge < -0.3 is 20.6 Å². The maximum absolute atomic E-state index is 13.9. The van der Waals surface area contributed by atoms with Gasteiger partial charge in [-0.1, -0.05) is 35.9 Å². The summed E-state index contributed by atoms with van der Waals surface area (Å²) in [5, 5.41) is 3.02. The van der Waals surface area contributed by atoms with E-state index in [4.69, 9.17) is 22.1 Å². The number of hydrogen-bond donors (Lipinski definition) is 2. The van der Waals surface area contributed by atoms with Crippen molar-refractivity contribution in [1.29, 1.82) is 0 Å². The van der Waals surface area contributed by atoms with Crippen LogP contribution in [-0.4, -0.2) is 43.9 Å². The van der Waals surface area contributed by atoms with E-state index in [1.165, 1.54) is 18.2 Å². The molecule has 0 saturated heterocycles. The molecule has 0 heterocycles. The molecule has 30 heavy (non-hydrogen) atoms. The quantitative estimate of drug-likeness (QED) is 0.438. The van der Waals surface area contributed by atoms with Crippen LogP contribution in [-0.2, 0) is 19.1 Å². The third-order valence-corrected chi connectivity index (χ3v) is 4.56. The Kier molecular flexibility index (Phi) is 8.91. The van der Waals surface area contributed by atoms with Crippen LogP contribution in [0.4, 0.5) is 10.1 Å². The SMILES string of the molecule is CCOC(=O)CNCC(N)C(=O)N(c1cccc(F)c1)C(C=O)c1ccccc1Cl. The number of anilines is 1. The number of amides is 1. The van der Waals surface area contributed by atoms with Crippen LogP contribution in [0.15, 0.2) is 48.5 Å². The van der Waals surface area contributed by atoms with Gasteiger partial charge in [0, 0.05) is 22.8 Å². The smallest absolute Gasteiger partial charge is 0.319 e. The van der Waals surface area contributed by atoms with Gasteiger partial charge in [0.2, 0.25) is 5.91 Å². The lowest BCUT2D eigenvalue weighted by atomic mass is 10.0. The van der Waals surface area contributed by atoms with E-state index < -0.39 is 29.8 Å². The second kappa shape index (κ2) is 11.4. The fourth-order valence-corrected chi connectivity index (χ4v) is 3.09. The molecule has 0 bridgehead atoms. The van der Waals surface area contributed by atoms with Gasteiger partial charge in [-0.25, -0.2) is 4.39 Å². The van der Waals surface area contributed by atoms with E-state index in [0.29, 0.717) is 11.8 Å². The number of carbonyl (C=O) groups is 3. The third kappa shape index (κ3) is 6.09. The van der Waals surface area contributed by atoms with Crippen LogP contribution in [0.1, 0.15) is 18.5 Å². The van der Waals surface area contributed by atoms with Crippen LogP contribution in [0.3, 0.4) is 0 Å². The van der Waals surface area contributed by atoms with Gasteiger partial charge in [-0.2, -0.15) is 0 Å². The predicted octanol–water partition coefficient (Wildman–Crippen LogP) is 2.23. The number of rotatable bonds is 10. The van der Waals surface area contributed by atoms with Crippen LogP contribution in [0.5, 0.6) is 0 Å². The Bertz CT molecular complexity index is 896. The van der Waals surface area contributed by atoms with Gasteiger partial charge in [0.15, 0.2) is 0 Å². The second-order valence-corrected chi connectivity index (χ2v) is 6.74. The lowest BCUT2D eigenvalue weighted by Gasteiger charge is -2.31. The molecule has 0 aliphatic carbocycles. The molecule has 0 aliphatic rings. The van der Waals surface area contributed by atoms with Crippen molar-refractivity contribution in [3.63, 3.8) is 0 Å². The Labute approximate surface area is 178 Å². The maximum Gasteiger partial charge on any atom is 0.319 e. The highest BCUT2D eigenvalue weighted by atomic mass is 35.5. The second-order valence-electron chi connectivity index (χ2n) is 6.33. The molecule has 2 unspecified atom stereocenters. The molecule has 2 aromatic rings. The Morgan fingerprint density at radius 2 is 2.00 bits per heavy atom. The zero-order chi connectivity index (χ0) is 22.1. The molecule has 7 nitrogen and oxygen atoms in total. The minimum Gasteiger partial charge on any atom is -0.465 e. The predicted molar refractivity (Wildman–Crippen MR) is 112 cm³/mol. The van der Waals surface area contributed by atoms with Crippen molar-refractivity contribution in [3.05, 3.63) is 64.9 Å². The maximum atomic E-state index is 13.9. The molecule has 9 heteroatoms. The monoisotopic (exact) mass is 435 g/mol. The number of nitrogens with one attached hydrogen (secondary N) is 1. The summed E-state index contributed by atoms with van der Waals surface area (Å²) in [6, 6.07) is 9.57. The molecular formula is C21H23ClFN3O4. The van der Waals surface area contributed by atoms with Crippen molar-refractivity contribution in [2.75, 3.05) is 24.6 Å². The Morgan fingerprint density at radius 3 is 2.63 bits per heavy atom. The molecule has 0 saturated carbocycles. The number of nitrogens with two attached hydrogens (primary N) is 1. The highest BCUT2D eigenvalue weighted by Crippen LogP contribution is 2.31. The van der Waals surface area contributed by atoms with Gasteiger partial charge in [0.1, 0.15) is 18.1 Å². The fraction of sp³-hybridized carbons (Fsp3) is 0.286. The molecular weight excluding hydrogens is 413 g/mol. The van der Waals surface area contributed by atoms with E-state index in [9.17, 15) is 18.8 Å². The minimum atomic E-state index is -1.12. The summed E-state index contributed by atoms with van der Waals surface area (Å²) < 4.78 is 18.7. The lowest BCUT2D eigenvalue weighted by molar-refractivity contribution is -0.142. The van der Waals surface area contributed by atoms with Crippen molar-refractivity contribution in [1.82, 2.24) is 5.32 Å². The summed E-state index contributed by atoms with van der Waals surface area (Å²) in [4.78, 5) is 37.7. The Morgan fingerprint density at radius 1 is 1.27 bits per heavy atom. The molecule has 2 atom stereocenters. The van der Waals surface area contributed by atoms with E-state index in [-0.39, 0.29) is 30.4 Å². The zero-order valence-electron chi connectivity index (χ0n) is 16.4. The van der Waals surface area contributed by atoms with Gasteiger partial charge in [-0.05, 0) is 31.2 Å². The molecule has 0 aliphatic heterocycles. The summed E-state index contributed by atoms with van der Waals surface area (Å²) in [6.45, 7) is 1.73. The van der Waals surface area contributed by atoms with Gasteiger partial charge in [-0.15, -0.1) is 0 Å². The van der Waals surface area contributed by atoms with Crippen LogP contribution in [0.25, 0.3) is 0 Å². The van der Waals surface area contributed by atoms with Gasteiger partial charge in [0.25, 0.3) is 0 Å². The average molecular weight is 436 g/mol. The first kappa shape index (κ1) is 23.5. The largest absolute Gasteiger partial charge is 0.465 e. The van der Waals surface area contributed by atoms with Crippen molar-refractivity contribution in [2.24, 2.45) is 5.73 Å². The van der Waals surface area contributed by atoms with Gasteiger partial charge >= 0.3 is 5.97 Å². The first-order valence-corrected chi connectivity index (χ1v) is 9.67. The average Bonchev–Trinajstić information content (AvgIpc) is 2.72. The Balaban J connectivity index is 2.31. The number of benzene rings is 2. The van der Waals surface area contributed by atoms with Crippen LogP contribution in [0.2, 0.25) is 5.02 Å². The standard InChI is InChI=1S/C21H23ClFN3O4/c1-2-30-20(28)12-25-11-18(24)21(29)26(15-7-5-6-14(23)10-15)19(13-27)16-8-3-4-9-17(16)22/h3-10,13,18-19,25H,2,11-12,24H2,1H3. The zero-order valence-corrected chi connectivity index (χ0v) is 17.1. The van der Waals surface area contributed by atoms with E-state index >= 15 is 0 Å². The van der Waals surface area contributed by atoms with Crippen LogP contribution < -0.4 is 16.0 Å². The molecule has 3 N–H and O–H groups in total. The minimum absolute atomic E-state index is 0.0580. The Hall–Kier alpha value is -2.81. The highest BCUT2D eigenvalue weighted by molar-refractivity contribution is 6.31. The van der Waals surface area contributed by atoms with Crippen molar-refractivity contribution in [2.45, 2.75) is 19.0 Å². The third-order valence-electron chi connectivity index (χ3n) is 4.21. The van der Waals surface area contributed by atoms with E-state index in [1.54, 1.807) is 31.2 Å². The number of esters is 1. The van der Waals surface area contributed by atoms with Crippen LogP contribution >= 0.6 is 11.6 Å². The summed E-state index contributed by atoms with van der Waals surface area (Å²) in [5.74, 6) is -1.71. The van der Waals surface area contributed by atoms with E-state index in [0.717, 1.165) is 11.0 Å². The molecule has 2 aromatic carbocycles. The van der Waals surface area contributed by atoms with E-state index in [1.807, 2.05) is 0 Å². The summed E-state index contributed by atoms with van der Waals surface area (Å²) >= 11 is 6.23. The first-order valence-electron chi connectivity index (χ1n) is 9.29. The summed E-state index contributed by atoms with van der Waals surface area (Å²) in [6.07, 6.45) is 0.544. The van der Waals surface area contributed by atoms with Crippen LogP contribution in [0, 0.1) is 5.82 Å². The van der Waals surface area contributed by atoms with E-state index in [2.05, 4.69) is 5.32 Å². The molecule has 1 amide bonds. The number of halogens is 2. The number of aldehydes is 1. The molecule has 160 valence electrons. The molecule has 2 rings (SSSR count). The van der Waals surface area contributed by atoms with Gasteiger partial charge in [0.05, 0.1) is 19.2 Å². The van der Waals surface area contributed by atoms with Crippen molar-refractivity contribution >= 4 is 35.5 Å². The van der Waals surface area contributed by atoms with Crippen molar-refractivity contribution < 1.29 is 23.5 Å². The topological polar surface area (TPSA) is 102 Å². The number of ether oxygens (including phenoxy) is 1. The normalized spacial score (nSPS) is 12.7. The fourth-order valence-electron chi connectivity index (χ4n) is 2.85. The van der Waals surface area contributed by atoms with Crippen molar-refractivity contribution in [3.8, 4) is 0 Å². The lowest BCUT2D eigenvalue weighted by Crippen LogP contribution is -2.51. The number of carbonyl (C=O) groups excluding carboxylic acids is 3. The molecule has 0 fully saturated rings.